The highest BCUT2D eigenvalue weighted by molar-refractivity contribution is 7.99. The number of carbonyl (C=O) groups excluding carboxylic acids is 3. The predicted octanol–water partition coefficient (Wildman–Crippen LogP) is 2.88. The maximum atomic E-state index is 13.1. The summed E-state index contributed by atoms with van der Waals surface area (Å²) in [7, 11) is 1.58. The number of hydrogen-bond acceptors (Lipinski definition) is 9. The van der Waals surface area contributed by atoms with Crippen molar-refractivity contribution in [2.24, 2.45) is 0 Å². The van der Waals surface area contributed by atoms with E-state index < -0.39 is 0 Å². The van der Waals surface area contributed by atoms with Crippen molar-refractivity contribution in [1.29, 1.82) is 0 Å². The van der Waals surface area contributed by atoms with Crippen molar-refractivity contribution in [3.05, 3.63) is 41.0 Å². The number of rotatable bonds is 7. The highest BCUT2D eigenvalue weighted by Gasteiger charge is 2.30. The first kappa shape index (κ1) is 28.8. The molecule has 1 unspecified atom stereocenters. The normalized spacial score (nSPS) is 17.7. The van der Waals surface area contributed by atoms with Crippen molar-refractivity contribution in [1.82, 2.24) is 24.7 Å². The first-order valence-electron chi connectivity index (χ1n) is 12.9. The Bertz CT molecular complexity index is 1200. The van der Waals surface area contributed by atoms with Crippen molar-refractivity contribution < 1.29 is 23.9 Å². The zero-order valence-corrected chi connectivity index (χ0v) is 23.9. The third-order valence-electron chi connectivity index (χ3n) is 6.67. The Morgan fingerprint density at radius 1 is 1.05 bits per heavy atom. The number of ether oxygens (including phenoxy) is 2. The van der Waals surface area contributed by atoms with Crippen LogP contribution in [-0.2, 0) is 9.53 Å². The summed E-state index contributed by atoms with van der Waals surface area (Å²) in [6.45, 7) is 7.58. The van der Waals surface area contributed by atoms with E-state index in [4.69, 9.17) is 21.1 Å². The molecule has 2 aromatic rings. The van der Waals surface area contributed by atoms with Crippen molar-refractivity contribution in [3.63, 3.8) is 0 Å². The van der Waals surface area contributed by atoms with Crippen LogP contribution in [0.3, 0.4) is 0 Å². The monoisotopic (exact) mass is 576 g/mol. The van der Waals surface area contributed by atoms with E-state index in [2.05, 4.69) is 14.9 Å². The van der Waals surface area contributed by atoms with Crippen LogP contribution in [0.2, 0.25) is 5.15 Å². The van der Waals surface area contributed by atoms with E-state index in [0.717, 1.165) is 0 Å². The fourth-order valence-corrected chi connectivity index (χ4v) is 5.56. The maximum Gasteiger partial charge on any atom is 0.409 e. The molecule has 0 radical (unpaired) electrons. The van der Waals surface area contributed by atoms with Crippen LogP contribution in [0.25, 0.3) is 0 Å². The second-order valence-corrected chi connectivity index (χ2v) is 10.5. The number of anilines is 1. The minimum atomic E-state index is -0.348. The molecule has 2 saturated heterocycles. The fraction of sp³-hybridized carbons (Fsp3) is 0.500. The van der Waals surface area contributed by atoms with Gasteiger partial charge in [0.2, 0.25) is 5.91 Å². The fourth-order valence-electron chi connectivity index (χ4n) is 4.57. The first-order valence-corrected chi connectivity index (χ1v) is 14.2. The molecule has 0 saturated carbocycles. The maximum absolute atomic E-state index is 13.1. The zero-order valence-electron chi connectivity index (χ0n) is 22.3. The molecule has 1 aromatic heterocycles. The molecule has 2 aliphatic rings. The van der Waals surface area contributed by atoms with Gasteiger partial charge < -0.3 is 29.1 Å². The highest BCUT2D eigenvalue weighted by Crippen LogP contribution is 2.25. The lowest BCUT2D eigenvalue weighted by Gasteiger charge is -2.40. The first-order chi connectivity index (χ1) is 18.8. The molecule has 3 amide bonds. The van der Waals surface area contributed by atoms with Gasteiger partial charge in [0.25, 0.3) is 5.91 Å². The molecule has 39 heavy (non-hydrogen) atoms. The average Bonchev–Trinajstić information content (AvgIpc) is 2.95. The summed E-state index contributed by atoms with van der Waals surface area (Å²) < 4.78 is 10.3. The molecule has 2 fully saturated rings. The standard InChI is InChI=1S/C26H33ClN6O5S/c1-4-38-26(36)31-10-8-30(9-11-31)23(34)17-39-25-28-21(27)15-22(29-25)32-12-13-33(18(2)16-32)24(35)19-6-5-7-20(14-19)37-3/h5-7,14-15,18H,4,8-13,16-17H2,1-3H3. The molecule has 1 aromatic carbocycles. The molecule has 1 atom stereocenters. The van der Waals surface area contributed by atoms with Gasteiger partial charge in [-0.3, -0.25) is 9.59 Å². The lowest BCUT2D eigenvalue weighted by atomic mass is 10.1. The van der Waals surface area contributed by atoms with Crippen LogP contribution >= 0.6 is 23.4 Å². The molecule has 2 aliphatic heterocycles. The highest BCUT2D eigenvalue weighted by atomic mass is 35.5. The Kier molecular flexibility index (Phi) is 9.73. The summed E-state index contributed by atoms with van der Waals surface area (Å²) >= 11 is 7.55. The number of piperazine rings is 2. The predicted molar refractivity (Wildman–Crippen MR) is 149 cm³/mol. The average molecular weight is 577 g/mol. The van der Waals surface area contributed by atoms with Crippen LogP contribution in [0, 0.1) is 0 Å². The van der Waals surface area contributed by atoms with Gasteiger partial charge in [-0.15, -0.1) is 0 Å². The number of aromatic nitrogens is 2. The van der Waals surface area contributed by atoms with Crippen molar-refractivity contribution in [2.45, 2.75) is 25.0 Å². The van der Waals surface area contributed by atoms with E-state index in [-0.39, 0.29) is 29.7 Å². The number of hydrogen-bond donors (Lipinski definition) is 0. The molecular formula is C26H33ClN6O5S. The molecule has 0 spiro atoms. The van der Waals surface area contributed by atoms with Gasteiger partial charge in [0.05, 0.1) is 19.5 Å². The Balaban J connectivity index is 1.32. The van der Waals surface area contributed by atoms with Gasteiger partial charge in [-0.05, 0) is 32.0 Å². The van der Waals surface area contributed by atoms with E-state index in [9.17, 15) is 14.4 Å². The quantitative estimate of drug-likeness (QED) is 0.279. The van der Waals surface area contributed by atoms with Crippen LogP contribution in [0.1, 0.15) is 24.2 Å². The van der Waals surface area contributed by atoms with Gasteiger partial charge in [0.15, 0.2) is 5.16 Å². The number of benzene rings is 1. The summed E-state index contributed by atoms with van der Waals surface area (Å²) in [6, 6.07) is 8.80. The van der Waals surface area contributed by atoms with Gasteiger partial charge in [0, 0.05) is 63.5 Å². The van der Waals surface area contributed by atoms with Crippen LogP contribution in [-0.4, -0.2) is 114 Å². The van der Waals surface area contributed by atoms with E-state index >= 15 is 0 Å². The van der Waals surface area contributed by atoms with E-state index in [0.29, 0.717) is 79.9 Å². The zero-order chi connectivity index (χ0) is 27.9. The Morgan fingerprint density at radius 2 is 1.79 bits per heavy atom. The second-order valence-electron chi connectivity index (χ2n) is 9.21. The lowest BCUT2D eigenvalue weighted by molar-refractivity contribution is -0.129. The van der Waals surface area contributed by atoms with Gasteiger partial charge in [-0.2, -0.15) is 0 Å². The SMILES string of the molecule is CCOC(=O)N1CCN(C(=O)CSc2nc(Cl)cc(N3CCN(C(=O)c4cccc(OC)c4)C(C)C3)n2)CC1. The molecule has 0 N–H and O–H groups in total. The van der Waals surface area contributed by atoms with Gasteiger partial charge in [-0.25, -0.2) is 14.8 Å². The largest absolute Gasteiger partial charge is 0.497 e. The van der Waals surface area contributed by atoms with E-state index in [1.807, 2.05) is 24.0 Å². The van der Waals surface area contributed by atoms with Crippen molar-refractivity contribution in [3.8, 4) is 5.75 Å². The number of amides is 3. The van der Waals surface area contributed by atoms with Gasteiger partial charge in [0.1, 0.15) is 16.7 Å². The van der Waals surface area contributed by atoms with Crippen LogP contribution in [0.5, 0.6) is 5.75 Å². The number of nitrogens with zero attached hydrogens (tertiary/aromatic N) is 6. The molecular weight excluding hydrogens is 544 g/mol. The summed E-state index contributed by atoms with van der Waals surface area (Å²) in [5, 5.41) is 0.707. The number of halogens is 1. The molecule has 0 bridgehead atoms. The van der Waals surface area contributed by atoms with Crippen LogP contribution < -0.4 is 9.64 Å². The third-order valence-corrected chi connectivity index (χ3v) is 7.70. The van der Waals surface area contributed by atoms with Crippen molar-refractivity contribution >= 4 is 47.1 Å². The smallest absolute Gasteiger partial charge is 0.409 e. The molecule has 13 heteroatoms. The Hall–Kier alpha value is -3.25. The minimum absolute atomic E-state index is 0.0420. The van der Waals surface area contributed by atoms with E-state index in [1.165, 1.54) is 11.8 Å². The molecule has 0 aliphatic carbocycles. The van der Waals surface area contributed by atoms with Gasteiger partial charge in [-0.1, -0.05) is 29.4 Å². The second kappa shape index (κ2) is 13.2. The topological polar surface area (TPSA) is 108 Å². The van der Waals surface area contributed by atoms with Crippen LogP contribution in [0.4, 0.5) is 10.6 Å². The Morgan fingerprint density at radius 3 is 2.49 bits per heavy atom. The summed E-state index contributed by atoms with van der Waals surface area (Å²) in [5.74, 6) is 1.38. The van der Waals surface area contributed by atoms with Crippen LogP contribution in [0.15, 0.2) is 35.5 Å². The lowest BCUT2D eigenvalue weighted by Crippen LogP contribution is -2.54. The molecule has 11 nitrogen and oxygen atoms in total. The number of carbonyl (C=O) groups is 3. The summed E-state index contributed by atoms with van der Waals surface area (Å²) in [5.41, 5.74) is 0.588. The molecule has 3 heterocycles. The van der Waals surface area contributed by atoms with Gasteiger partial charge >= 0.3 is 6.09 Å². The third kappa shape index (κ3) is 7.24. The molecule has 210 valence electrons. The summed E-state index contributed by atoms with van der Waals surface area (Å²) in [4.78, 5) is 54.0. The minimum Gasteiger partial charge on any atom is -0.497 e. The summed E-state index contributed by atoms with van der Waals surface area (Å²) in [6.07, 6.45) is -0.348. The van der Waals surface area contributed by atoms with Crippen molar-refractivity contribution in [2.75, 3.05) is 70.2 Å². The number of thioether (sulfide) groups is 1. The van der Waals surface area contributed by atoms with E-state index in [1.54, 1.807) is 42.0 Å². The molecule has 4 rings (SSSR count). The number of methoxy groups -OCH3 is 1. The Labute approximate surface area is 237 Å².